The molecule has 0 amide bonds. The van der Waals surface area contributed by atoms with E-state index in [-0.39, 0.29) is 50.2 Å². The molecular weight excluding hydrogens is 283 g/mol. The first-order chi connectivity index (χ1) is 3.64. The van der Waals surface area contributed by atoms with Crippen LogP contribution in [0.15, 0.2) is 9.59 Å². The molecule has 0 spiro atoms. The van der Waals surface area contributed by atoms with E-state index in [9.17, 15) is 9.59 Å². The molecule has 1 aromatic carbocycles. The maximum Gasteiger partial charge on any atom is 5.00 e. The van der Waals surface area contributed by atoms with E-state index in [0.717, 1.165) is 0 Å². The van der Waals surface area contributed by atoms with Crippen LogP contribution in [-0.4, -0.2) is 10.2 Å². The number of aromatic hydroxyl groups is 2. The summed E-state index contributed by atoms with van der Waals surface area (Å²) in [5.41, 5.74) is -2.02. The SMILES string of the molecule is O=c1c(O)c(O)c1=O.[NH2-].[NH2-].[NH2-].[NH2-].[NH2-].[Ru+5]. The zero-order valence-electron chi connectivity index (χ0n) is 6.95. The van der Waals surface area contributed by atoms with Gasteiger partial charge in [-0.25, -0.2) is 0 Å². The molecule has 0 atom stereocenters. The second kappa shape index (κ2) is 12.1. The van der Waals surface area contributed by atoms with Crippen LogP contribution in [0.2, 0.25) is 0 Å². The first kappa shape index (κ1) is 38.0. The van der Waals surface area contributed by atoms with Gasteiger partial charge in [0.05, 0.1) is 0 Å². The molecule has 0 unspecified atom stereocenters. The summed E-state index contributed by atoms with van der Waals surface area (Å²) in [6.07, 6.45) is 0. The summed E-state index contributed by atoms with van der Waals surface area (Å²) in [6.45, 7) is 0. The Labute approximate surface area is 92.9 Å². The van der Waals surface area contributed by atoms with Crippen LogP contribution in [0.5, 0.6) is 11.5 Å². The van der Waals surface area contributed by atoms with E-state index in [2.05, 4.69) is 0 Å². The Balaban J connectivity index is -0.0000000267. The van der Waals surface area contributed by atoms with Gasteiger partial charge < -0.3 is 41.0 Å². The van der Waals surface area contributed by atoms with Crippen molar-refractivity contribution in [1.29, 1.82) is 0 Å². The first-order valence-corrected chi connectivity index (χ1v) is 1.86. The molecule has 1 aromatic rings. The molecule has 0 saturated heterocycles. The van der Waals surface area contributed by atoms with Crippen molar-refractivity contribution in [2.75, 3.05) is 0 Å². The van der Waals surface area contributed by atoms with Gasteiger partial charge in [-0.15, -0.1) is 0 Å². The van der Waals surface area contributed by atoms with Crippen LogP contribution >= 0.6 is 0 Å². The Hall–Kier alpha value is -0.897. The van der Waals surface area contributed by atoms with Gasteiger partial charge in [0.15, 0.2) is 0 Å². The van der Waals surface area contributed by atoms with Gasteiger partial charge in [0.2, 0.25) is 11.5 Å². The molecular formula is C4H12N5O4Ru. The number of rotatable bonds is 0. The van der Waals surface area contributed by atoms with Crippen LogP contribution in [0.25, 0.3) is 30.8 Å². The predicted octanol–water partition coefficient (Wildman–Crippen LogP) is 2.28. The summed E-state index contributed by atoms with van der Waals surface area (Å²) in [5.74, 6) is -1.65. The Morgan fingerprint density at radius 2 is 0.786 bits per heavy atom. The van der Waals surface area contributed by atoms with E-state index >= 15 is 0 Å². The van der Waals surface area contributed by atoms with E-state index in [4.69, 9.17) is 10.2 Å². The fraction of sp³-hybridized carbons (Fsp3) is 0. The summed E-state index contributed by atoms with van der Waals surface area (Å²) in [6, 6.07) is 0. The van der Waals surface area contributed by atoms with Crippen molar-refractivity contribution >= 4 is 0 Å². The number of nitrogens with two attached hydrogens (primary N) is 5. The minimum absolute atomic E-state index is 0. The topological polar surface area (TPSA) is 242 Å². The molecule has 0 saturated carbocycles. The average molecular weight is 295 g/mol. The summed E-state index contributed by atoms with van der Waals surface area (Å²) in [7, 11) is 0. The van der Waals surface area contributed by atoms with Gasteiger partial charge in [-0.05, 0) is 0 Å². The maximum absolute atomic E-state index is 9.95. The van der Waals surface area contributed by atoms with Gasteiger partial charge in [0.25, 0.3) is 10.9 Å². The predicted molar refractivity (Wildman–Crippen MR) is 51.1 cm³/mol. The fourth-order valence-electron chi connectivity index (χ4n) is 0.368. The van der Waals surface area contributed by atoms with E-state index in [1.54, 1.807) is 0 Å². The standard InChI is InChI=1S/C4H2O4.5H2N.Ru/c5-1-2(6)4(8)3(1)7;;;;;;/h5-6H;5*1H2;/q;5*-1;+5. The quantitative estimate of drug-likeness (QED) is 0.539. The first-order valence-electron chi connectivity index (χ1n) is 1.86. The second-order valence-electron chi connectivity index (χ2n) is 1.36. The van der Waals surface area contributed by atoms with Crippen LogP contribution in [0.3, 0.4) is 0 Å². The van der Waals surface area contributed by atoms with Gasteiger partial charge in [-0.2, -0.15) is 0 Å². The normalized spacial score (nSPS) is 5.71. The minimum Gasteiger partial charge on any atom is -0.693 e. The molecule has 85 valence electrons. The second-order valence-corrected chi connectivity index (χ2v) is 1.36. The van der Waals surface area contributed by atoms with Gasteiger partial charge in [-0.1, -0.05) is 0 Å². The minimum atomic E-state index is -1.01. The van der Waals surface area contributed by atoms with E-state index in [1.807, 2.05) is 0 Å². The molecule has 9 nitrogen and oxygen atoms in total. The molecule has 1 radical (unpaired) electrons. The Kier molecular flexibility index (Phi) is 32.9. The Morgan fingerprint density at radius 3 is 0.857 bits per heavy atom. The maximum atomic E-state index is 9.95. The van der Waals surface area contributed by atoms with E-state index in [1.165, 1.54) is 0 Å². The van der Waals surface area contributed by atoms with Crippen molar-refractivity contribution in [3.8, 4) is 11.5 Å². The van der Waals surface area contributed by atoms with Crippen LogP contribution < -0.4 is 10.9 Å². The van der Waals surface area contributed by atoms with Crippen LogP contribution in [0.1, 0.15) is 0 Å². The van der Waals surface area contributed by atoms with Gasteiger partial charge in [-0.3, -0.25) is 9.59 Å². The molecule has 12 N–H and O–H groups in total. The van der Waals surface area contributed by atoms with Crippen LogP contribution in [0.4, 0.5) is 0 Å². The van der Waals surface area contributed by atoms with Crippen molar-refractivity contribution < 1.29 is 29.7 Å². The van der Waals surface area contributed by atoms with Gasteiger partial charge in [0, 0.05) is 0 Å². The van der Waals surface area contributed by atoms with Crippen molar-refractivity contribution in [3.05, 3.63) is 51.2 Å². The van der Waals surface area contributed by atoms with Crippen molar-refractivity contribution in [2.24, 2.45) is 0 Å². The van der Waals surface area contributed by atoms with E-state index in [0.29, 0.717) is 0 Å². The molecule has 0 aliphatic carbocycles. The van der Waals surface area contributed by atoms with E-state index < -0.39 is 22.4 Å². The molecule has 0 fully saturated rings. The van der Waals surface area contributed by atoms with Crippen LogP contribution in [0, 0.1) is 0 Å². The van der Waals surface area contributed by atoms with Gasteiger partial charge in [0.1, 0.15) is 0 Å². The van der Waals surface area contributed by atoms with Crippen molar-refractivity contribution in [2.45, 2.75) is 0 Å². The van der Waals surface area contributed by atoms with Gasteiger partial charge >= 0.3 is 19.5 Å². The smallest absolute Gasteiger partial charge is 0.693 e. The Bertz CT molecular complexity index is 266. The summed E-state index contributed by atoms with van der Waals surface area (Å²) in [4.78, 5) is 19.9. The zero-order valence-corrected chi connectivity index (χ0v) is 8.69. The third-order valence-electron chi connectivity index (χ3n) is 0.861. The molecule has 0 aliphatic rings. The monoisotopic (exact) mass is 296 g/mol. The Morgan fingerprint density at radius 1 is 0.643 bits per heavy atom. The largest absolute Gasteiger partial charge is 5.00 e. The molecule has 1 rings (SSSR count). The van der Waals surface area contributed by atoms with Crippen molar-refractivity contribution in [1.82, 2.24) is 0 Å². The molecule has 0 bridgehead atoms. The zero-order chi connectivity index (χ0) is 6.31. The fourth-order valence-corrected chi connectivity index (χ4v) is 0.368. The molecule has 0 aromatic heterocycles. The summed E-state index contributed by atoms with van der Waals surface area (Å²) in [5, 5.41) is 16.4. The third kappa shape index (κ3) is 4.97. The molecule has 14 heavy (non-hydrogen) atoms. The van der Waals surface area contributed by atoms with Crippen molar-refractivity contribution in [3.63, 3.8) is 0 Å². The number of hydrogen-bond donors (Lipinski definition) is 2. The third-order valence-corrected chi connectivity index (χ3v) is 0.861. The average Bonchev–Trinajstić information content (AvgIpc) is 1.83. The molecule has 0 aliphatic heterocycles. The molecule has 10 heteroatoms. The van der Waals surface area contributed by atoms with Crippen LogP contribution in [-0.2, 0) is 19.5 Å². The summed E-state index contributed by atoms with van der Waals surface area (Å²) >= 11 is 0. The number of hydrogen-bond acceptors (Lipinski definition) is 4. The molecule has 0 heterocycles. The summed E-state index contributed by atoms with van der Waals surface area (Å²) < 4.78 is 0.